The molecular weight excluding hydrogens is 356 g/mol. The van der Waals surface area contributed by atoms with E-state index in [2.05, 4.69) is 16.0 Å². The van der Waals surface area contributed by atoms with Gasteiger partial charge in [-0.05, 0) is 13.3 Å². The molecule has 0 bridgehead atoms. The predicted octanol–water partition coefficient (Wildman–Crippen LogP) is -1.67. The van der Waals surface area contributed by atoms with Crippen molar-refractivity contribution in [2.45, 2.75) is 31.8 Å². The zero-order chi connectivity index (χ0) is 19.4. The summed E-state index contributed by atoms with van der Waals surface area (Å²) in [6, 6.07) is -2.37. The molecule has 0 heterocycles. The first-order valence-electron chi connectivity index (χ1n) is 7.35. The number of nitrogens with one attached hydrogen (secondary N) is 3. The van der Waals surface area contributed by atoms with Crippen LogP contribution in [0.2, 0.25) is 0 Å². The molecule has 0 fully saturated rings. The molecule has 0 aliphatic rings. The summed E-state index contributed by atoms with van der Waals surface area (Å²) in [6.07, 6.45) is -0.365. The van der Waals surface area contributed by atoms with E-state index in [1.165, 1.54) is 0 Å². The van der Waals surface area contributed by atoms with Gasteiger partial charge in [0.05, 0.1) is 0 Å². The highest BCUT2D eigenvalue weighted by molar-refractivity contribution is 8.13. The highest BCUT2D eigenvalue weighted by Gasteiger charge is 2.23. The van der Waals surface area contributed by atoms with Gasteiger partial charge in [0.25, 0.3) is 5.24 Å². The van der Waals surface area contributed by atoms with Crippen LogP contribution in [0, 0.1) is 0 Å². The van der Waals surface area contributed by atoms with Crippen molar-refractivity contribution >= 4 is 40.8 Å². The molecule has 2 atom stereocenters. The van der Waals surface area contributed by atoms with Crippen molar-refractivity contribution in [2.24, 2.45) is 5.73 Å². The maximum atomic E-state index is 11.9. The lowest BCUT2D eigenvalue weighted by atomic mass is 10.1. The first-order chi connectivity index (χ1) is 11.7. The third-order valence-corrected chi connectivity index (χ3v) is 3.67. The molecule has 0 aromatic carbocycles. The Morgan fingerprint density at radius 2 is 1.76 bits per heavy atom. The van der Waals surface area contributed by atoms with Gasteiger partial charge in [-0.25, -0.2) is 0 Å². The standard InChI is InChI=1S/C13H22N4O7S/c1-2-15-13(24)25-6-8(11(21)16-5-10(19)20)17-9(18)4-3-7(14)12(22)23/h7-8H,2-6,14H2,1H3,(H,15,24)(H,16,21)(H,17,18)(H,19,20)(H,22,23)/t7-,8-/m0/s1. The number of aliphatic carboxylic acids is 2. The van der Waals surface area contributed by atoms with E-state index in [1.54, 1.807) is 6.92 Å². The third-order valence-electron chi connectivity index (χ3n) is 2.77. The Balaban J connectivity index is 4.66. The Labute approximate surface area is 148 Å². The topological polar surface area (TPSA) is 188 Å². The molecule has 11 nitrogen and oxygen atoms in total. The monoisotopic (exact) mass is 378 g/mol. The van der Waals surface area contributed by atoms with Crippen molar-refractivity contribution in [2.75, 3.05) is 18.8 Å². The number of hydrogen-bond acceptors (Lipinski definition) is 7. The first-order valence-corrected chi connectivity index (χ1v) is 8.33. The molecule has 0 unspecified atom stereocenters. The fraction of sp³-hybridized carbons (Fsp3) is 0.615. The van der Waals surface area contributed by atoms with Crippen LogP contribution < -0.4 is 21.7 Å². The smallest absolute Gasteiger partial charge is 0.322 e. The zero-order valence-electron chi connectivity index (χ0n) is 13.6. The summed E-state index contributed by atoms with van der Waals surface area (Å²) in [7, 11) is 0. The lowest BCUT2D eigenvalue weighted by molar-refractivity contribution is -0.139. The number of carboxylic acid groups (broad SMARTS) is 2. The quantitative estimate of drug-likeness (QED) is 0.244. The lowest BCUT2D eigenvalue weighted by Gasteiger charge is -2.17. The highest BCUT2D eigenvalue weighted by atomic mass is 32.2. The van der Waals surface area contributed by atoms with Crippen LogP contribution in [0.5, 0.6) is 0 Å². The number of nitrogens with two attached hydrogens (primary N) is 1. The minimum absolute atomic E-state index is 0.117. The Morgan fingerprint density at radius 3 is 2.28 bits per heavy atom. The SMILES string of the molecule is CCNC(=O)SC[C@H](NC(=O)CC[C@H](N)C(=O)O)C(=O)NCC(=O)O. The van der Waals surface area contributed by atoms with Crippen LogP contribution in [-0.2, 0) is 19.2 Å². The lowest BCUT2D eigenvalue weighted by Crippen LogP contribution is -2.49. The normalized spacial score (nSPS) is 12.6. The Morgan fingerprint density at radius 1 is 1.12 bits per heavy atom. The molecule has 0 aromatic heterocycles. The van der Waals surface area contributed by atoms with E-state index < -0.39 is 47.6 Å². The van der Waals surface area contributed by atoms with Crippen molar-refractivity contribution in [3.63, 3.8) is 0 Å². The average Bonchev–Trinajstić information content (AvgIpc) is 2.54. The molecule has 0 rings (SSSR count). The molecular formula is C13H22N4O7S. The first kappa shape index (κ1) is 22.7. The van der Waals surface area contributed by atoms with Crippen LogP contribution in [0.3, 0.4) is 0 Å². The maximum absolute atomic E-state index is 11.9. The molecule has 0 saturated carbocycles. The number of thioether (sulfide) groups is 1. The summed E-state index contributed by atoms with van der Waals surface area (Å²) in [5.74, 6) is -4.04. The summed E-state index contributed by atoms with van der Waals surface area (Å²) >= 11 is 0.751. The molecule has 0 radical (unpaired) electrons. The van der Waals surface area contributed by atoms with Crippen LogP contribution in [-0.4, -0.2) is 70.1 Å². The number of carboxylic acids is 2. The molecule has 0 aliphatic heterocycles. The summed E-state index contributed by atoms with van der Waals surface area (Å²) in [5, 5.41) is 23.8. The number of hydrogen-bond donors (Lipinski definition) is 6. The van der Waals surface area contributed by atoms with Crippen LogP contribution >= 0.6 is 11.8 Å². The highest BCUT2D eigenvalue weighted by Crippen LogP contribution is 2.06. The second-order valence-corrected chi connectivity index (χ2v) is 5.84. The molecule has 0 aliphatic carbocycles. The molecule has 0 spiro atoms. The predicted molar refractivity (Wildman–Crippen MR) is 89.0 cm³/mol. The van der Waals surface area contributed by atoms with Crippen molar-refractivity contribution < 1.29 is 34.2 Å². The van der Waals surface area contributed by atoms with E-state index in [1.807, 2.05) is 0 Å². The largest absolute Gasteiger partial charge is 0.480 e. The second-order valence-electron chi connectivity index (χ2n) is 4.84. The molecule has 12 heteroatoms. The van der Waals surface area contributed by atoms with E-state index in [0.29, 0.717) is 6.54 Å². The van der Waals surface area contributed by atoms with E-state index in [-0.39, 0.29) is 18.6 Å². The van der Waals surface area contributed by atoms with Gasteiger partial charge in [-0.2, -0.15) is 0 Å². The molecule has 3 amide bonds. The molecule has 25 heavy (non-hydrogen) atoms. The fourth-order valence-electron chi connectivity index (χ4n) is 1.50. The second kappa shape index (κ2) is 12.1. The van der Waals surface area contributed by atoms with E-state index in [9.17, 15) is 24.0 Å². The van der Waals surface area contributed by atoms with Crippen molar-refractivity contribution in [1.29, 1.82) is 0 Å². The fourth-order valence-corrected chi connectivity index (χ4v) is 2.30. The van der Waals surface area contributed by atoms with Gasteiger partial charge in [0.1, 0.15) is 18.6 Å². The minimum atomic E-state index is -1.26. The van der Waals surface area contributed by atoms with Crippen LogP contribution in [0.1, 0.15) is 19.8 Å². The van der Waals surface area contributed by atoms with Gasteiger partial charge >= 0.3 is 11.9 Å². The van der Waals surface area contributed by atoms with E-state index in [0.717, 1.165) is 11.8 Å². The van der Waals surface area contributed by atoms with Crippen LogP contribution in [0.4, 0.5) is 4.79 Å². The van der Waals surface area contributed by atoms with Crippen molar-refractivity contribution in [1.82, 2.24) is 16.0 Å². The van der Waals surface area contributed by atoms with Gasteiger partial charge in [0, 0.05) is 18.7 Å². The molecule has 0 saturated heterocycles. The zero-order valence-corrected chi connectivity index (χ0v) is 14.4. The van der Waals surface area contributed by atoms with Gasteiger partial charge in [0.15, 0.2) is 0 Å². The molecule has 142 valence electrons. The minimum Gasteiger partial charge on any atom is -0.480 e. The summed E-state index contributed by atoms with van der Waals surface area (Å²) < 4.78 is 0. The van der Waals surface area contributed by atoms with E-state index in [4.69, 9.17) is 15.9 Å². The van der Waals surface area contributed by atoms with Crippen molar-refractivity contribution in [3.05, 3.63) is 0 Å². The van der Waals surface area contributed by atoms with Gasteiger partial charge < -0.3 is 31.9 Å². The Hall–Kier alpha value is -2.34. The van der Waals surface area contributed by atoms with Gasteiger partial charge in [0.2, 0.25) is 11.8 Å². The van der Waals surface area contributed by atoms with Gasteiger partial charge in [-0.15, -0.1) is 0 Å². The number of rotatable bonds is 11. The number of amides is 3. The molecule has 7 N–H and O–H groups in total. The van der Waals surface area contributed by atoms with Gasteiger partial charge in [-0.1, -0.05) is 11.8 Å². The molecule has 0 aromatic rings. The summed E-state index contributed by atoms with van der Waals surface area (Å²) in [6.45, 7) is 1.46. The Kier molecular flexibility index (Phi) is 11.0. The summed E-state index contributed by atoms with van der Waals surface area (Å²) in [5.41, 5.74) is 5.29. The number of carbonyl (C=O) groups excluding carboxylic acids is 3. The Bertz CT molecular complexity index is 515. The van der Waals surface area contributed by atoms with Crippen LogP contribution in [0.15, 0.2) is 0 Å². The maximum Gasteiger partial charge on any atom is 0.322 e. The number of carbonyl (C=O) groups is 5. The van der Waals surface area contributed by atoms with E-state index >= 15 is 0 Å². The van der Waals surface area contributed by atoms with Gasteiger partial charge in [-0.3, -0.25) is 24.0 Å². The summed E-state index contributed by atoms with van der Waals surface area (Å²) in [4.78, 5) is 56.3. The van der Waals surface area contributed by atoms with Crippen LogP contribution in [0.25, 0.3) is 0 Å². The average molecular weight is 378 g/mol. The third kappa shape index (κ3) is 10.9. The van der Waals surface area contributed by atoms with Crippen molar-refractivity contribution in [3.8, 4) is 0 Å².